The highest BCUT2D eigenvalue weighted by atomic mass is 32.1. The summed E-state index contributed by atoms with van der Waals surface area (Å²) in [6, 6.07) is 4.28. The first kappa shape index (κ1) is 13.4. The van der Waals surface area contributed by atoms with Crippen LogP contribution in [0.5, 0.6) is 0 Å². The number of hydrogen-bond donors (Lipinski definition) is 2. The van der Waals surface area contributed by atoms with Crippen molar-refractivity contribution in [3.8, 4) is 0 Å². The molecule has 0 heterocycles. The van der Waals surface area contributed by atoms with Gasteiger partial charge in [-0.1, -0.05) is 13.3 Å². The molecule has 2 nitrogen and oxygen atoms in total. The number of rotatable bonds is 4. The SMILES string of the molecule is CCC1(CNC(=O)c2cc(S)ccc2F)CCC1. The Balaban J connectivity index is 2.01. The molecule has 0 aromatic heterocycles. The van der Waals surface area contributed by atoms with Crippen LogP contribution in [0.2, 0.25) is 0 Å². The quantitative estimate of drug-likeness (QED) is 0.804. The van der Waals surface area contributed by atoms with Crippen molar-refractivity contribution in [2.24, 2.45) is 5.41 Å². The third-order valence-corrected chi connectivity index (χ3v) is 4.26. The molecule has 1 aromatic rings. The van der Waals surface area contributed by atoms with Gasteiger partial charge < -0.3 is 5.32 Å². The summed E-state index contributed by atoms with van der Waals surface area (Å²) in [7, 11) is 0. The smallest absolute Gasteiger partial charge is 0.254 e. The maximum absolute atomic E-state index is 13.5. The van der Waals surface area contributed by atoms with Crippen LogP contribution in [0.3, 0.4) is 0 Å². The van der Waals surface area contributed by atoms with E-state index in [0.717, 1.165) is 19.3 Å². The zero-order valence-corrected chi connectivity index (χ0v) is 11.4. The lowest BCUT2D eigenvalue weighted by Crippen LogP contribution is -2.41. The van der Waals surface area contributed by atoms with Crippen LogP contribution in [0.15, 0.2) is 23.1 Å². The van der Waals surface area contributed by atoms with E-state index in [0.29, 0.717) is 11.4 Å². The van der Waals surface area contributed by atoms with Gasteiger partial charge in [-0.3, -0.25) is 4.79 Å². The summed E-state index contributed by atoms with van der Waals surface area (Å²) >= 11 is 4.12. The van der Waals surface area contributed by atoms with Crippen LogP contribution in [-0.4, -0.2) is 12.5 Å². The van der Waals surface area contributed by atoms with Crippen molar-refractivity contribution >= 4 is 18.5 Å². The summed E-state index contributed by atoms with van der Waals surface area (Å²) in [4.78, 5) is 12.5. The summed E-state index contributed by atoms with van der Waals surface area (Å²) in [5, 5.41) is 2.85. The number of amides is 1. The molecule has 0 atom stereocenters. The van der Waals surface area contributed by atoms with Crippen LogP contribution < -0.4 is 5.32 Å². The molecular formula is C14H18FNOS. The Kier molecular flexibility index (Phi) is 3.95. The average Bonchev–Trinajstić information content (AvgIpc) is 2.31. The minimum absolute atomic E-state index is 0.0769. The topological polar surface area (TPSA) is 29.1 Å². The van der Waals surface area contributed by atoms with Crippen LogP contribution in [0.4, 0.5) is 4.39 Å². The molecule has 1 aliphatic rings. The molecule has 1 N–H and O–H groups in total. The van der Waals surface area contributed by atoms with E-state index in [1.165, 1.54) is 24.6 Å². The fourth-order valence-corrected chi connectivity index (χ4v) is 2.59. The molecule has 1 aromatic carbocycles. The third-order valence-electron chi connectivity index (χ3n) is 3.98. The van der Waals surface area contributed by atoms with Crippen LogP contribution in [0.1, 0.15) is 43.0 Å². The van der Waals surface area contributed by atoms with E-state index in [1.807, 2.05) is 0 Å². The number of halogens is 1. The monoisotopic (exact) mass is 267 g/mol. The Morgan fingerprint density at radius 3 is 2.78 bits per heavy atom. The lowest BCUT2D eigenvalue weighted by atomic mass is 9.67. The van der Waals surface area contributed by atoms with Crippen molar-refractivity contribution in [2.75, 3.05) is 6.54 Å². The van der Waals surface area contributed by atoms with Crippen molar-refractivity contribution in [3.63, 3.8) is 0 Å². The van der Waals surface area contributed by atoms with Crippen molar-refractivity contribution < 1.29 is 9.18 Å². The molecule has 18 heavy (non-hydrogen) atoms. The molecule has 98 valence electrons. The van der Waals surface area contributed by atoms with Crippen molar-refractivity contribution in [2.45, 2.75) is 37.5 Å². The second-order valence-electron chi connectivity index (χ2n) is 5.05. The van der Waals surface area contributed by atoms with E-state index in [9.17, 15) is 9.18 Å². The lowest BCUT2D eigenvalue weighted by Gasteiger charge is -2.41. The highest BCUT2D eigenvalue weighted by Crippen LogP contribution is 2.43. The molecule has 0 saturated heterocycles. The highest BCUT2D eigenvalue weighted by Gasteiger charge is 2.35. The van der Waals surface area contributed by atoms with Gasteiger partial charge >= 0.3 is 0 Å². The van der Waals surface area contributed by atoms with Crippen LogP contribution in [-0.2, 0) is 0 Å². The van der Waals surface area contributed by atoms with E-state index in [4.69, 9.17) is 0 Å². The van der Waals surface area contributed by atoms with E-state index >= 15 is 0 Å². The van der Waals surface area contributed by atoms with Crippen LogP contribution >= 0.6 is 12.6 Å². The molecule has 1 aliphatic carbocycles. The van der Waals surface area contributed by atoms with E-state index < -0.39 is 5.82 Å². The maximum Gasteiger partial charge on any atom is 0.254 e. The van der Waals surface area contributed by atoms with Crippen molar-refractivity contribution in [1.82, 2.24) is 5.32 Å². The van der Waals surface area contributed by atoms with Gasteiger partial charge in [0.15, 0.2) is 0 Å². The second kappa shape index (κ2) is 5.31. The van der Waals surface area contributed by atoms with Gasteiger partial charge in [-0.25, -0.2) is 4.39 Å². The van der Waals surface area contributed by atoms with Gasteiger partial charge in [0.25, 0.3) is 5.91 Å². The van der Waals surface area contributed by atoms with Crippen LogP contribution in [0.25, 0.3) is 0 Å². The Labute approximate surface area is 112 Å². The van der Waals surface area contributed by atoms with E-state index in [2.05, 4.69) is 24.9 Å². The van der Waals surface area contributed by atoms with Gasteiger partial charge in [0.05, 0.1) is 5.56 Å². The molecule has 0 unspecified atom stereocenters. The minimum atomic E-state index is -0.496. The number of nitrogens with one attached hydrogen (secondary N) is 1. The first-order valence-electron chi connectivity index (χ1n) is 6.33. The minimum Gasteiger partial charge on any atom is -0.351 e. The molecule has 0 radical (unpaired) electrons. The molecule has 1 saturated carbocycles. The Bertz CT molecular complexity index is 452. The molecular weight excluding hydrogens is 249 g/mol. The molecule has 4 heteroatoms. The van der Waals surface area contributed by atoms with Crippen molar-refractivity contribution in [1.29, 1.82) is 0 Å². The Hall–Kier alpha value is -1.03. The first-order valence-corrected chi connectivity index (χ1v) is 6.78. The van der Waals surface area contributed by atoms with E-state index in [-0.39, 0.29) is 16.9 Å². The van der Waals surface area contributed by atoms with Gasteiger partial charge in [0.2, 0.25) is 0 Å². The molecule has 0 bridgehead atoms. The zero-order valence-electron chi connectivity index (χ0n) is 10.5. The summed E-state index contributed by atoms with van der Waals surface area (Å²) < 4.78 is 13.5. The molecule has 2 rings (SSSR count). The number of hydrogen-bond acceptors (Lipinski definition) is 2. The zero-order chi connectivity index (χ0) is 13.2. The predicted molar refractivity (Wildman–Crippen MR) is 72.6 cm³/mol. The lowest BCUT2D eigenvalue weighted by molar-refractivity contribution is 0.0846. The second-order valence-corrected chi connectivity index (χ2v) is 5.57. The fourth-order valence-electron chi connectivity index (χ4n) is 2.38. The summed E-state index contributed by atoms with van der Waals surface area (Å²) in [6.45, 7) is 2.78. The molecule has 1 amide bonds. The normalized spacial score (nSPS) is 17.1. The summed E-state index contributed by atoms with van der Waals surface area (Å²) in [6.07, 6.45) is 4.59. The van der Waals surface area contributed by atoms with Gasteiger partial charge in [-0.2, -0.15) is 0 Å². The van der Waals surface area contributed by atoms with E-state index in [1.54, 1.807) is 0 Å². The predicted octanol–water partition coefficient (Wildman–Crippen LogP) is 3.42. The highest BCUT2D eigenvalue weighted by molar-refractivity contribution is 7.80. The average molecular weight is 267 g/mol. The number of benzene rings is 1. The maximum atomic E-state index is 13.5. The van der Waals surface area contributed by atoms with Gasteiger partial charge in [-0.15, -0.1) is 12.6 Å². The number of carbonyl (C=O) groups excluding carboxylic acids is 1. The molecule has 1 fully saturated rings. The molecule has 0 aliphatic heterocycles. The number of thiol groups is 1. The van der Waals surface area contributed by atoms with Gasteiger partial charge in [-0.05, 0) is 42.9 Å². The van der Waals surface area contributed by atoms with Gasteiger partial charge in [0.1, 0.15) is 5.82 Å². The standard InChI is InChI=1S/C14H18FNOS/c1-2-14(6-3-7-14)9-16-13(17)11-8-10(18)4-5-12(11)15/h4-5,8,18H,2-3,6-7,9H2,1H3,(H,16,17). The Morgan fingerprint density at radius 1 is 1.50 bits per heavy atom. The van der Waals surface area contributed by atoms with Gasteiger partial charge in [0, 0.05) is 11.4 Å². The summed E-state index contributed by atoms with van der Waals surface area (Å²) in [5.74, 6) is -0.840. The molecule has 0 spiro atoms. The third kappa shape index (κ3) is 2.69. The Morgan fingerprint density at radius 2 is 2.22 bits per heavy atom. The summed E-state index contributed by atoms with van der Waals surface area (Å²) in [5.41, 5.74) is 0.318. The largest absolute Gasteiger partial charge is 0.351 e. The van der Waals surface area contributed by atoms with Crippen molar-refractivity contribution in [3.05, 3.63) is 29.6 Å². The first-order chi connectivity index (χ1) is 8.56. The number of carbonyl (C=O) groups is 1. The fraction of sp³-hybridized carbons (Fsp3) is 0.500. The van der Waals surface area contributed by atoms with Crippen LogP contribution in [0, 0.1) is 11.2 Å².